The molecule has 0 saturated heterocycles. The van der Waals surface area contributed by atoms with Gasteiger partial charge in [-0.25, -0.2) is 4.79 Å². The Kier molecular flexibility index (Phi) is 80.2. The fourth-order valence-corrected chi connectivity index (χ4v) is 13.5. The Morgan fingerprint density at radius 3 is 0.792 bits per heavy atom. The normalized spacial score (nSPS) is 12.8. The van der Waals surface area contributed by atoms with Crippen LogP contribution in [-0.2, 0) is 33.3 Å². The first kappa shape index (κ1) is 98.0. The average Bonchev–Trinajstić information content (AvgIpc) is 1.21. The van der Waals surface area contributed by atoms with Gasteiger partial charge in [-0.3, -0.25) is 9.59 Å². The number of hydrogen-bond donors (Lipinski definition) is 1. The summed E-state index contributed by atoms with van der Waals surface area (Å²) in [6.07, 6.45) is 108. The molecule has 0 aliphatic heterocycles. The number of aliphatic carboxylic acids is 1. The van der Waals surface area contributed by atoms with Gasteiger partial charge in [0, 0.05) is 12.8 Å². The van der Waals surface area contributed by atoms with Gasteiger partial charge >= 0.3 is 17.9 Å². The number of rotatable bonds is 84. The summed E-state index contributed by atoms with van der Waals surface area (Å²) in [6, 6.07) is 0. The summed E-state index contributed by atoms with van der Waals surface area (Å²) in [6.45, 7) is 4.93. The van der Waals surface area contributed by atoms with Crippen molar-refractivity contribution in [2.24, 2.45) is 0 Å². The van der Waals surface area contributed by atoms with Crippen LogP contribution in [0.15, 0.2) is 60.8 Å². The number of nitrogens with zero attached hydrogens (tertiary/aromatic N) is 1. The predicted molar refractivity (Wildman–Crippen MR) is 438 cm³/mol. The van der Waals surface area contributed by atoms with Crippen LogP contribution in [0.1, 0.15) is 450 Å². The monoisotopic (exact) mass is 1420 g/mol. The average molecular weight is 1420 g/mol. The quantitative estimate of drug-likeness (QED) is 0.0211. The lowest BCUT2D eigenvalue weighted by molar-refractivity contribution is -0.870. The SMILES string of the molecule is CCCCCCC/C=C\C/C=C\C/C=C\CCCCCCCCCCCCCCCCCCCCCCCCCCCCC(=O)OC(COC(=O)CCCCCCCCCCCCCCCCCCCCCCCCC/C=C\C/C=C\CCCCCCC)COC(OCC[N+](C)(C)C)C(=O)O. The number of likely N-dealkylation sites (N-methyl/N-ethyl adjacent to an activating group) is 1. The van der Waals surface area contributed by atoms with E-state index in [1.165, 1.54) is 366 Å². The molecule has 0 aliphatic carbocycles. The molecule has 0 bridgehead atoms. The van der Waals surface area contributed by atoms with Crippen LogP contribution in [0, 0.1) is 0 Å². The topological polar surface area (TPSA) is 108 Å². The van der Waals surface area contributed by atoms with Crippen LogP contribution >= 0.6 is 0 Å². The van der Waals surface area contributed by atoms with Crippen LogP contribution in [0.3, 0.4) is 0 Å². The maximum Gasteiger partial charge on any atom is 0.361 e. The molecule has 0 aromatic heterocycles. The van der Waals surface area contributed by atoms with Crippen molar-refractivity contribution in [2.45, 2.75) is 463 Å². The summed E-state index contributed by atoms with van der Waals surface area (Å²) < 4.78 is 23.1. The third-order valence-corrected chi connectivity index (χ3v) is 20.2. The van der Waals surface area contributed by atoms with Gasteiger partial charge in [-0.15, -0.1) is 0 Å². The van der Waals surface area contributed by atoms with E-state index in [0.717, 1.165) is 57.8 Å². The molecule has 0 aromatic rings. The van der Waals surface area contributed by atoms with Crippen molar-refractivity contribution in [1.82, 2.24) is 0 Å². The van der Waals surface area contributed by atoms with Crippen LogP contribution < -0.4 is 0 Å². The molecular weight excluding hydrogens is 1250 g/mol. The van der Waals surface area contributed by atoms with Crippen molar-refractivity contribution in [1.29, 1.82) is 0 Å². The number of unbranched alkanes of at least 4 members (excludes halogenated alkanes) is 59. The second-order valence-corrected chi connectivity index (χ2v) is 31.6. The summed E-state index contributed by atoms with van der Waals surface area (Å²) in [5.74, 6) is -1.97. The first-order chi connectivity index (χ1) is 49.6. The minimum atomic E-state index is -1.51. The zero-order valence-electron chi connectivity index (χ0n) is 68.1. The van der Waals surface area contributed by atoms with Crippen molar-refractivity contribution < 1.29 is 42.9 Å². The van der Waals surface area contributed by atoms with Crippen molar-refractivity contribution in [3.63, 3.8) is 0 Å². The summed E-state index contributed by atoms with van der Waals surface area (Å²) in [7, 11) is 6.00. The van der Waals surface area contributed by atoms with Crippen LogP contribution in [0.5, 0.6) is 0 Å². The van der Waals surface area contributed by atoms with Crippen LogP contribution in [0.25, 0.3) is 0 Å². The molecule has 0 rings (SSSR count). The lowest BCUT2D eigenvalue weighted by atomic mass is 10.0. The van der Waals surface area contributed by atoms with E-state index >= 15 is 0 Å². The van der Waals surface area contributed by atoms with E-state index in [-0.39, 0.29) is 38.2 Å². The third kappa shape index (κ3) is 84.1. The van der Waals surface area contributed by atoms with Gasteiger partial charge in [-0.2, -0.15) is 0 Å². The zero-order valence-corrected chi connectivity index (χ0v) is 68.1. The summed E-state index contributed by atoms with van der Waals surface area (Å²) in [4.78, 5) is 37.8. The smallest absolute Gasteiger partial charge is 0.361 e. The van der Waals surface area contributed by atoms with Crippen molar-refractivity contribution in [3.05, 3.63) is 60.8 Å². The van der Waals surface area contributed by atoms with Gasteiger partial charge in [0.1, 0.15) is 13.2 Å². The fraction of sp³-hybridized carbons (Fsp3) is 0.859. The number of carboxylic acids is 1. The first-order valence-corrected chi connectivity index (χ1v) is 44.5. The summed E-state index contributed by atoms with van der Waals surface area (Å²) in [5, 5.41) is 9.79. The number of esters is 2. The molecule has 1 N–H and O–H groups in total. The largest absolute Gasteiger partial charge is 0.477 e. The molecule has 0 heterocycles. The van der Waals surface area contributed by atoms with E-state index in [4.69, 9.17) is 18.9 Å². The molecule has 0 aliphatic rings. The number of hydrogen-bond acceptors (Lipinski definition) is 7. The molecule has 0 saturated carbocycles. The van der Waals surface area contributed by atoms with E-state index < -0.39 is 18.4 Å². The summed E-state index contributed by atoms with van der Waals surface area (Å²) in [5.41, 5.74) is 0. The molecule has 101 heavy (non-hydrogen) atoms. The molecule has 9 nitrogen and oxygen atoms in total. The number of carboxylic acid groups (broad SMARTS) is 1. The van der Waals surface area contributed by atoms with E-state index in [1.807, 2.05) is 21.1 Å². The third-order valence-electron chi connectivity index (χ3n) is 20.2. The molecule has 0 radical (unpaired) electrons. The highest BCUT2D eigenvalue weighted by Gasteiger charge is 2.25. The van der Waals surface area contributed by atoms with Crippen LogP contribution in [0.4, 0.5) is 0 Å². The Morgan fingerprint density at radius 2 is 0.535 bits per heavy atom. The van der Waals surface area contributed by atoms with Crippen LogP contribution in [-0.4, -0.2) is 87.4 Å². The Balaban J connectivity index is 3.91. The van der Waals surface area contributed by atoms with Crippen LogP contribution in [0.2, 0.25) is 0 Å². The Bertz CT molecular complexity index is 1850. The van der Waals surface area contributed by atoms with Gasteiger partial charge in [0.05, 0.1) is 34.4 Å². The Hall–Kier alpha value is -3.01. The van der Waals surface area contributed by atoms with Gasteiger partial charge < -0.3 is 28.5 Å². The fourth-order valence-electron chi connectivity index (χ4n) is 13.5. The number of quaternary nitrogens is 1. The number of carbonyl (C=O) groups is 3. The Morgan fingerprint density at radius 1 is 0.297 bits per heavy atom. The van der Waals surface area contributed by atoms with Crippen molar-refractivity contribution >= 4 is 17.9 Å². The van der Waals surface area contributed by atoms with E-state index in [1.54, 1.807) is 0 Å². The highest BCUT2D eigenvalue weighted by molar-refractivity contribution is 5.71. The summed E-state index contributed by atoms with van der Waals surface area (Å²) >= 11 is 0. The lowest BCUT2D eigenvalue weighted by Gasteiger charge is -2.25. The molecule has 0 fully saturated rings. The molecule has 0 aromatic carbocycles. The second-order valence-electron chi connectivity index (χ2n) is 31.6. The number of allylic oxidation sites excluding steroid dienone is 10. The maximum atomic E-state index is 13.0. The number of carbonyl (C=O) groups excluding carboxylic acids is 2. The molecule has 2 unspecified atom stereocenters. The molecule has 2 atom stereocenters. The van der Waals surface area contributed by atoms with Gasteiger partial charge in [0.15, 0.2) is 6.10 Å². The molecule has 9 heteroatoms. The predicted octanol–water partition coefficient (Wildman–Crippen LogP) is 28.9. The number of ether oxygens (including phenoxy) is 4. The first-order valence-electron chi connectivity index (χ1n) is 44.5. The molecule has 0 spiro atoms. The van der Waals surface area contributed by atoms with E-state index in [9.17, 15) is 19.5 Å². The van der Waals surface area contributed by atoms with Crippen molar-refractivity contribution in [3.8, 4) is 0 Å². The highest BCUT2D eigenvalue weighted by atomic mass is 16.7. The molecular formula is C92H172NO8+. The standard InChI is InChI=1S/C92H171NO8/c1-6-8-10-12-14-16-18-20-22-24-26-28-30-32-34-36-38-40-42-43-44-45-46-47-49-51-53-55-57-59-61-63-65-67-69-71-73-75-77-79-81-83-90(95)101-88(87-100-92(91(96)97)98-85-84-93(3,4)5)86-99-89(94)82-80-78-76-74-72-70-68-66-64-62-60-58-56-54-52-50-48-41-39-37-35-33-31-29-27-25-23-21-19-17-15-13-11-9-7-2/h18-21,24-27,30,32,88,92H,6-17,22-23,28-29,31,33-87H2,1-5H3/p+1/b20-18-,21-19-,26-24-,27-25-,32-30-. The van der Waals surface area contributed by atoms with E-state index in [2.05, 4.69) is 74.6 Å². The van der Waals surface area contributed by atoms with Crippen molar-refractivity contribution in [2.75, 3.05) is 47.5 Å². The van der Waals surface area contributed by atoms with Gasteiger partial charge in [-0.05, 0) is 83.5 Å². The maximum absolute atomic E-state index is 13.0. The van der Waals surface area contributed by atoms with Gasteiger partial charge in [-0.1, -0.05) is 415 Å². The minimum Gasteiger partial charge on any atom is -0.477 e. The highest BCUT2D eigenvalue weighted by Crippen LogP contribution is 2.21. The molecule has 0 amide bonds. The van der Waals surface area contributed by atoms with Gasteiger partial charge in [0.25, 0.3) is 6.29 Å². The van der Waals surface area contributed by atoms with E-state index in [0.29, 0.717) is 17.4 Å². The minimum absolute atomic E-state index is 0.176. The molecule has 592 valence electrons. The second kappa shape index (κ2) is 82.6. The lowest BCUT2D eigenvalue weighted by Crippen LogP contribution is -2.40. The van der Waals surface area contributed by atoms with Gasteiger partial charge in [0.2, 0.25) is 0 Å². The Labute approximate surface area is 628 Å². The zero-order chi connectivity index (χ0) is 73.2.